The van der Waals surface area contributed by atoms with Crippen LogP contribution in [0.4, 0.5) is 4.79 Å². The van der Waals surface area contributed by atoms with Gasteiger partial charge in [-0.15, -0.1) is 0 Å². The maximum Gasteiger partial charge on any atom is 0.330 e. The van der Waals surface area contributed by atoms with Gasteiger partial charge in [0.1, 0.15) is 5.41 Å². The molecular formula is C15H24N2O3. The third kappa shape index (κ3) is 3.02. The van der Waals surface area contributed by atoms with Gasteiger partial charge in [-0.3, -0.25) is 19.8 Å². The van der Waals surface area contributed by atoms with E-state index in [2.05, 4.69) is 19.2 Å². The van der Waals surface area contributed by atoms with E-state index >= 15 is 0 Å². The van der Waals surface area contributed by atoms with Gasteiger partial charge >= 0.3 is 6.03 Å². The number of carbonyl (C=O) groups excluding carboxylic acids is 3. The molecule has 112 valence electrons. The van der Waals surface area contributed by atoms with Crippen LogP contribution in [0, 0.1) is 11.3 Å². The van der Waals surface area contributed by atoms with Gasteiger partial charge in [-0.05, 0) is 25.2 Å². The lowest BCUT2D eigenvalue weighted by molar-refractivity contribution is -0.144. The predicted octanol–water partition coefficient (Wildman–Crippen LogP) is 2.45. The molecule has 0 unspecified atom stereocenters. The first-order chi connectivity index (χ1) is 9.47. The van der Waals surface area contributed by atoms with Gasteiger partial charge < -0.3 is 0 Å². The minimum Gasteiger partial charge on any atom is -0.277 e. The van der Waals surface area contributed by atoms with E-state index in [0.717, 1.165) is 25.2 Å². The second kappa shape index (κ2) is 5.94. The Hall–Kier alpha value is -1.39. The lowest BCUT2D eigenvalue weighted by Crippen LogP contribution is -2.59. The predicted molar refractivity (Wildman–Crippen MR) is 74.8 cm³/mol. The molecule has 0 aromatic rings. The Balaban J connectivity index is 1.74. The molecule has 1 aliphatic heterocycles. The van der Waals surface area contributed by atoms with Crippen LogP contribution in [0.2, 0.25) is 0 Å². The van der Waals surface area contributed by atoms with Gasteiger partial charge in [0.25, 0.3) is 0 Å². The minimum atomic E-state index is -0.897. The van der Waals surface area contributed by atoms with Crippen LogP contribution in [0.15, 0.2) is 0 Å². The van der Waals surface area contributed by atoms with E-state index in [0.29, 0.717) is 19.4 Å². The summed E-state index contributed by atoms with van der Waals surface area (Å²) >= 11 is 0. The lowest BCUT2D eigenvalue weighted by atomic mass is 10.0. The molecular weight excluding hydrogens is 256 g/mol. The smallest absolute Gasteiger partial charge is 0.277 e. The van der Waals surface area contributed by atoms with Crippen LogP contribution in [0.1, 0.15) is 58.8 Å². The fourth-order valence-corrected chi connectivity index (χ4v) is 2.68. The molecule has 1 spiro atoms. The molecule has 0 bridgehead atoms. The van der Waals surface area contributed by atoms with E-state index in [-0.39, 0.29) is 5.91 Å². The SMILES string of the molecule is CC(C)CCCCCCN1C(=O)NC(=O)C2(CC2)C1=O. The minimum absolute atomic E-state index is 0.284. The third-order valence-electron chi connectivity index (χ3n) is 4.22. The van der Waals surface area contributed by atoms with E-state index in [1.807, 2.05) is 0 Å². The number of unbranched alkanes of at least 4 members (excludes halogenated alkanes) is 3. The number of urea groups is 1. The highest BCUT2D eigenvalue weighted by molar-refractivity contribution is 6.20. The molecule has 2 fully saturated rings. The number of nitrogens with zero attached hydrogens (tertiary/aromatic N) is 1. The van der Waals surface area contributed by atoms with Crippen LogP contribution in [-0.4, -0.2) is 29.3 Å². The largest absolute Gasteiger partial charge is 0.330 e. The van der Waals surface area contributed by atoms with Gasteiger partial charge in [-0.2, -0.15) is 0 Å². The molecule has 0 aromatic carbocycles. The molecule has 1 N–H and O–H groups in total. The highest BCUT2D eigenvalue weighted by atomic mass is 16.2. The normalized spacial score (nSPS) is 20.8. The summed E-state index contributed by atoms with van der Waals surface area (Å²) in [5.74, 6) is 0.0410. The van der Waals surface area contributed by atoms with Gasteiger partial charge in [-0.1, -0.05) is 39.5 Å². The molecule has 0 aromatic heterocycles. The second-order valence-electron chi connectivity index (χ2n) is 6.39. The number of rotatable bonds is 7. The molecule has 0 radical (unpaired) electrons. The van der Waals surface area contributed by atoms with Gasteiger partial charge in [0.15, 0.2) is 0 Å². The molecule has 4 amide bonds. The fourth-order valence-electron chi connectivity index (χ4n) is 2.68. The average molecular weight is 280 g/mol. The number of hydrogen-bond donors (Lipinski definition) is 1. The van der Waals surface area contributed by atoms with Crippen molar-refractivity contribution in [2.24, 2.45) is 11.3 Å². The summed E-state index contributed by atoms with van der Waals surface area (Å²) in [4.78, 5) is 36.8. The van der Waals surface area contributed by atoms with E-state index in [4.69, 9.17) is 0 Å². The summed E-state index contributed by atoms with van der Waals surface area (Å²) in [5, 5.41) is 2.31. The van der Waals surface area contributed by atoms with E-state index in [1.165, 1.54) is 17.7 Å². The summed E-state index contributed by atoms with van der Waals surface area (Å²) in [6.07, 6.45) is 6.55. The van der Waals surface area contributed by atoms with Crippen LogP contribution >= 0.6 is 0 Å². The summed E-state index contributed by atoms with van der Waals surface area (Å²) < 4.78 is 0. The zero-order chi connectivity index (χ0) is 14.8. The molecule has 2 rings (SSSR count). The molecule has 1 saturated heterocycles. The van der Waals surface area contributed by atoms with Crippen molar-refractivity contribution >= 4 is 17.8 Å². The molecule has 0 atom stereocenters. The molecule has 1 heterocycles. The van der Waals surface area contributed by atoms with Crippen LogP contribution in [0.3, 0.4) is 0 Å². The summed E-state index contributed by atoms with van der Waals surface area (Å²) in [6.45, 7) is 4.85. The van der Waals surface area contributed by atoms with Crippen molar-refractivity contribution in [3.8, 4) is 0 Å². The van der Waals surface area contributed by atoms with Crippen LogP contribution in [0.5, 0.6) is 0 Å². The fraction of sp³-hybridized carbons (Fsp3) is 0.800. The van der Waals surface area contributed by atoms with Gasteiger partial charge in [-0.25, -0.2) is 4.79 Å². The number of amides is 4. The molecule has 5 heteroatoms. The molecule has 1 saturated carbocycles. The Morgan fingerprint density at radius 1 is 1.10 bits per heavy atom. The van der Waals surface area contributed by atoms with E-state index < -0.39 is 17.4 Å². The second-order valence-corrected chi connectivity index (χ2v) is 6.39. The number of hydrogen-bond acceptors (Lipinski definition) is 3. The Morgan fingerprint density at radius 3 is 2.35 bits per heavy atom. The van der Waals surface area contributed by atoms with Crippen molar-refractivity contribution in [1.29, 1.82) is 0 Å². The average Bonchev–Trinajstić information content (AvgIpc) is 3.16. The van der Waals surface area contributed by atoms with Gasteiger partial charge in [0.05, 0.1) is 0 Å². The first-order valence-electron chi connectivity index (χ1n) is 7.65. The number of barbiturate groups is 1. The van der Waals surface area contributed by atoms with Crippen LogP contribution in [0.25, 0.3) is 0 Å². The maximum absolute atomic E-state index is 12.2. The summed E-state index contributed by atoms with van der Waals surface area (Å²) in [5.41, 5.74) is -0.897. The van der Waals surface area contributed by atoms with Crippen molar-refractivity contribution in [3.63, 3.8) is 0 Å². The molecule has 5 nitrogen and oxygen atoms in total. The highest BCUT2D eigenvalue weighted by Gasteiger charge is 2.61. The summed E-state index contributed by atoms with van der Waals surface area (Å²) in [7, 11) is 0. The zero-order valence-corrected chi connectivity index (χ0v) is 12.4. The highest BCUT2D eigenvalue weighted by Crippen LogP contribution is 2.48. The molecule has 2 aliphatic rings. The monoisotopic (exact) mass is 280 g/mol. The lowest BCUT2D eigenvalue weighted by Gasteiger charge is -2.30. The Labute approximate surface area is 120 Å². The standard InChI is InChI=1S/C15H24N2O3/c1-11(2)7-5-3-4-6-10-17-13(19)15(8-9-15)12(18)16-14(17)20/h11H,3-10H2,1-2H3,(H,16,18,20). The number of imide groups is 2. The third-order valence-corrected chi connectivity index (χ3v) is 4.22. The van der Waals surface area contributed by atoms with Crippen molar-refractivity contribution in [2.45, 2.75) is 58.8 Å². The Morgan fingerprint density at radius 2 is 1.75 bits per heavy atom. The number of carbonyl (C=O) groups is 3. The maximum atomic E-state index is 12.2. The summed E-state index contributed by atoms with van der Waals surface area (Å²) in [6, 6.07) is -0.542. The van der Waals surface area contributed by atoms with E-state index in [9.17, 15) is 14.4 Å². The van der Waals surface area contributed by atoms with Gasteiger partial charge in [0.2, 0.25) is 11.8 Å². The van der Waals surface area contributed by atoms with Crippen molar-refractivity contribution in [3.05, 3.63) is 0 Å². The number of nitrogens with one attached hydrogen (secondary N) is 1. The Bertz CT molecular complexity index is 413. The van der Waals surface area contributed by atoms with Crippen molar-refractivity contribution in [2.75, 3.05) is 6.54 Å². The molecule has 20 heavy (non-hydrogen) atoms. The Kier molecular flexibility index (Phi) is 4.45. The topological polar surface area (TPSA) is 66.5 Å². The van der Waals surface area contributed by atoms with Crippen molar-refractivity contribution < 1.29 is 14.4 Å². The van der Waals surface area contributed by atoms with Crippen LogP contribution < -0.4 is 5.32 Å². The van der Waals surface area contributed by atoms with Gasteiger partial charge in [0, 0.05) is 6.54 Å². The molecule has 1 aliphatic carbocycles. The van der Waals surface area contributed by atoms with Crippen LogP contribution in [-0.2, 0) is 9.59 Å². The zero-order valence-electron chi connectivity index (χ0n) is 12.4. The first kappa shape index (κ1) is 15.0. The van der Waals surface area contributed by atoms with Crippen molar-refractivity contribution in [1.82, 2.24) is 10.2 Å². The first-order valence-corrected chi connectivity index (χ1v) is 7.65. The quantitative estimate of drug-likeness (QED) is 0.575. The van der Waals surface area contributed by atoms with E-state index in [1.54, 1.807) is 0 Å².